The Kier molecular flexibility index (Phi) is 2.80. The molecular formula is C9H13N3. The van der Waals surface area contributed by atoms with Crippen molar-refractivity contribution < 1.29 is 0 Å². The van der Waals surface area contributed by atoms with E-state index in [4.69, 9.17) is 5.73 Å². The summed E-state index contributed by atoms with van der Waals surface area (Å²) in [4.78, 5) is 8.14. The number of aromatic nitrogens is 1. The molecule has 0 radical (unpaired) electrons. The first-order valence-corrected chi connectivity index (χ1v) is 3.98. The average Bonchev–Trinajstić information content (AvgIpc) is 2.05. The summed E-state index contributed by atoms with van der Waals surface area (Å²) in [7, 11) is 0. The molecule has 0 bridgehead atoms. The molecule has 3 heteroatoms. The number of hydrogen-bond acceptors (Lipinski definition) is 2. The summed E-state index contributed by atoms with van der Waals surface area (Å²) in [5.74, 6) is 1.21. The van der Waals surface area contributed by atoms with Gasteiger partial charge in [0.2, 0.25) is 0 Å². The second kappa shape index (κ2) is 3.85. The van der Waals surface area contributed by atoms with Gasteiger partial charge in [-0.3, -0.25) is 0 Å². The number of nitrogens with two attached hydrogens (primary N) is 1. The van der Waals surface area contributed by atoms with E-state index in [-0.39, 0.29) is 0 Å². The van der Waals surface area contributed by atoms with Gasteiger partial charge in [-0.1, -0.05) is 13.0 Å². The van der Waals surface area contributed by atoms with Gasteiger partial charge in [0.05, 0.1) is 5.84 Å². The number of nitrogens with zero attached hydrogens (tertiary/aromatic N) is 2. The van der Waals surface area contributed by atoms with Gasteiger partial charge in [0.25, 0.3) is 0 Å². The third-order valence-corrected chi connectivity index (χ3v) is 1.51. The van der Waals surface area contributed by atoms with Crippen LogP contribution in [0, 0.1) is 0 Å². The molecule has 1 heterocycles. The Labute approximate surface area is 72.3 Å². The molecule has 1 rings (SSSR count). The Morgan fingerprint density at radius 1 is 1.58 bits per heavy atom. The van der Waals surface area contributed by atoms with Crippen LogP contribution in [-0.4, -0.2) is 10.8 Å². The maximum absolute atomic E-state index is 5.40. The molecule has 0 aromatic carbocycles. The van der Waals surface area contributed by atoms with Crippen molar-refractivity contribution in [1.82, 2.24) is 4.98 Å². The van der Waals surface area contributed by atoms with Crippen molar-refractivity contribution in [2.45, 2.75) is 20.3 Å². The van der Waals surface area contributed by atoms with Crippen LogP contribution in [0.2, 0.25) is 0 Å². The predicted octanol–water partition coefficient (Wildman–Crippen LogP) is 1.65. The number of aryl methyl sites for hydroxylation is 1. The Bertz CT molecular complexity index is 270. The average molecular weight is 163 g/mol. The van der Waals surface area contributed by atoms with E-state index in [1.54, 1.807) is 6.92 Å². The van der Waals surface area contributed by atoms with Crippen LogP contribution in [0.15, 0.2) is 23.3 Å². The van der Waals surface area contributed by atoms with Crippen molar-refractivity contribution in [2.75, 3.05) is 0 Å². The molecule has 2 N–H and O–H groups in total. The van der Waals surface area contributed by atoms with Crippen LogP contribution < -0.4 is 5.73 Å². The summed E-state index contributed by atoms with van der Waals surface area (Å²) in [6, 6.07) is 3.88. The minimum atomic E-state index is 0.534. The zero-order valence-electron chi connectivity index (χ0n) is 7.41. The lowest BCUT2D eigenvalue weighted by Crippen LogP contribution is -2.04. The predicted molar refractivity (Wildman–Crippen MR) is 50.6 cm³/mol. The molecule has 0 spiro atoms. The van der Waals surface area contributed by atoms with Gasteiger partial charge in [-0.2, -0.15) is 0 Å². The van der Waals surface area contributed by atoms with Gasteiger partial charge in [-0.05, 0) is 25.0 Å². The van der Waals surface area contributed by atoms with Gasteiger partial charge in [0.1, 0.15) is 0 Å². The van der Waals surface area contributed by atoms with Gasteiger partial charge in [0, 0.05) is 6.20 Å². The zero-order valence-corrected chi connectivity index (χ0v) is 7.41. The number of pyridine rings is 1. The second-order valence-electron chi connectivity index (χ2n) is 2.63. The highest BCUT2D eigenvalue weighted by Crippen LogP contribution is 2.08. The fraction of sp³-hybridized carbons (Fsp3) is 0.333. The van der Waals surface area contributed by atoms with Crippen LogP contribution in [-0.2, 0) is 6.42 Å². The van der Waals surface area contributed by atoms with Crippen LogP contribution in [0.25, 0.3) is 0 Å². The van der Waals surface area contributed by atoms with Crippen LogP contribution in [0.4, 0.5) is 5.82 Å². The zero-order chi connectivity index (χ0) is 8.97. The topological polar surface area (TPSA) is 51.3 Å². The van der Waals surface area contributed by atoms with Crippen LogP contribution in [0.1, 0.15) is 19.4 Å². The maximum atomic E-state index is 5.40. The van der Waals surface area contributed by atoms with Gasteiger partial charge in [-0.25, -0.2) is 9.98 Å². The lowest BCUT2D eigenvalue weighted by atomic mass is 10.2. The summed E-state index contributed by atoms with van der Waals surface area (Å²) in [6.07, 6.45) is 2.82. The maximum Gasteiger partial charge on any atom is 0.153 e. The fourth-order valence-corrected chi connectivity index (χ4v) is 0.873. The van der Waals surface area contributed by atoms with Crippen molar-refractivity contribution in [1.29, 1.82) is 0 Å². The van der Waals surface area contributed by atoms with E-state index in [0.29, 0.717) is 11.7 Å². The Balaban J connectivity index is 2.85. The third-order valence-electron chi connectivity index (χ3n) is 1.51. The molecule has 1 aromatic heterocycles. The standard InChI is InChI=1S/C9H13N3/c1-3-8-4-5-9(11-6-8)12-7(2)10/h4-6H,3H2,1-2H3,(H2,10,11,12). The first-order chi connectivity index (χ1) is 5.72. The highest BCUT2D eigenvalue weighted by atomic mass is 14.9. The van der Waals surface area contributed by atoms with E-state index in [1.807, 2.05) is 18.3 Å². The van der Waals surface area contributed by atoms with Gasteiger partial charge >= 0.3 is 0 Å². The second-order valence-corrected chi connectivity index (χ2v) is 2.63. The Hall–Kier alpha value is -1.38. The summed E-state index contributed by atoms with van der Waals surface area (Å²) >= 11 is 0. The van der Waals surface area contributed by atoms with E-state index in [0.717, 1.165) is 6.42 Å². The molecule has 12 heavy (non-hydrogen) atoms. The third kappa shape index (κ3) is 2.34. The quantitative estimate of drug-likeness (QED) is 0.532. The summed E-state index contributed by atoms with van der Waals surface area (Å²) < 4.78 is 0. The SMILES string of the molecule is CCc1ccc(N=C(C)N)nc1. The normalized spacial score (nSPS) is 11.7. The Morgan fingerprint density at radius 3 is 2.75 bits per heavy atom. The highest BCUT2D eigenvalue weighted by Gasteiger charge is 1.91. The summed E-state index contributed by atoms with van der Waals surface area (Å²) in [6.45, 7) is 3.84. The smallest absolute Gasteiger partial charge is 0.153 e. The largest absolute Gasteiger partial charge is 0.387 e. The number of hydrogen-bond donors (Lipinski definition) is 1. The van der Waals surface area contributed by atoms with Gasteiger partial charge < -0.3 is 5.73 Å². The molecule has 0 atom stereocenters. The summed E-state index contributed by atoms with van der Waals surface area (Å²) in [5, 5.41) is 0. The van der Waals surface area contributed by atoms with Crippen molar-refractivity contribution in [2.24, 2.45) is 10.7 Å². The van der Waals surface area contributed by atoms with Crippen molar-refractivity contribution in [3.63, 3.8) is 0 Å². The van der Waals surface area contributed by atoms with Gasteiger partial charge in [-0.15, -0.1) is 0 Å². The lowest BCUT2D eigenvalue weighted by Gasteiger charge is -1.96. The van der Waals surface area contributed by atoms with Crippen molar-refractivity contribution >= 4 is 11.7 Å². The van der Waals surface area contributed by atoms with Crippen LogP contribution in [0.5, 0.6) is 0 Å². The fourth-order valence-electron chi connectivity index (χ4n) is 0.873. The molecule has 3 nitrogen and oxygen atoms in total. The molecule has 0 amide bonds. The molecular weight excluding hydrogens is 150 g/mol. The first kappa shape index (κ1) is 8.71. The molecule has 0 saturated carbocycles. The monoisotopic (exact) mass is 163 g/mol. The molecule has 0 aliphatic carbocycles. The highest BCUT2D eigenvalue weighted by molar-refractivity contribution is 5.79. The van der Waals surface area contributed by atoms with Crippen LogP contribution in [0.3, 0.4) is 0 Å². The van der Waals surface area contributed by atoms with Crippen LogP contribution >= 0.6 is 0 Å². The molecule has 0 fully saturated rings. The van der Waals surface area contributed by atoms with Crippen molar-refractivity contribution in [3.05, 3.63) is 23.9 Å². The molecule has 64 valence electrons. The molecule has 0 unspecified atom stereocenters. The molecule has 1 aromatic rings. The number of rotatable bonds is 2. The Morgan fingerprint density at radius 2 is 2.33 bits per heavy atom. The van der Waals surface area contributed by atoms with E-state index in [2.05, 4.69) is 16.9 Å². The van der Waals surface area contributed by atoms with Gasteiger partial charge in [0.15, 0.2) is 5.82 Å². The minimum absolute atomic E-state index is 0.534. The molecule has 0 aliphatic heterocycles. The van der Waals surface area contributed by atoms with E-state index < -0.39 is 0 Å². The number of amidine groups is 1. The molecule has 0 saturated heterocycles. The summed E-state index contributed by atoms with van der Waals surface area (Å²) in [5.41, 5.74) is 6.62. The van der Waals surface area contributed by atoms with E-state index in [1.165, 1.54) is 5.56 Å². The molecule has 0 aliphatic rings. The lowest BCUT2D eigenvalue weighted by molar-refractivity contribution is 1.10. The number of aliphatic imine (C=N–C) groups is 1. The first-order valence-electron chi connectivity index (χ1n) is 3.98. The van der Waals surface area contributed by atoms with E-state index in [9.17, 15) is 0 Å². The van der Waals surface area contributed by atoms with E-state index >= 15 is 0 Å². The minimum Gasteiger partial charge on any atom is -0.387 e. The van der Waals surface area contributed by atoms with Crippen molar-refractivity contribution in [3.8, 4) is 0 Å².